The number of rotatable bonds is 6. The summed E-state index contributed by atoms with van der Waals surface area (Å²) >= 11 is 0. The Morgan fingerprint density at radius 2 is 1.48 bits per heavy atom. The molecule has 0 fully saturated rings. The monoisotopic (exact) mass is 387 g/mol. The zero-order chi connectivity index (χ0) is 20.2. The minimum absolute atomic E-state index is 0.506. The molecule has 0 amide bonds. The van der Waals surface area contributed by atoms with Crippen molar-refractivity contribution in [2.24, 2.45) is 0 Å². The van der Waals surface area contributed by atoms with Gasteiger partial charge in [-0.15, -0.1) is 0 Å². The molecule has 0 radical (unpaired) electrons. The second kappa shape index (κ2) is 8.06. The summed E-state index contributed by atoms with van der Waals surface area (Å²) in [6.07, 6.45) is 1.72. The summed E-state index contributed by atoms with van der Waals surface area (Å²) in [5, 5.41) is 5.61. The van der Waals surface area contributed by atoms with Crippen LogP contribution in [0.15, 0.2) is 66.9 Å². The van der Waals surface area contributed by atoms with Crippen LogP contribution < -0.4 is 19.5 Å². The largest absolute Gasteiger partial charge is 0.493 e. The van der Waals surface area contributed by atoms with Gasteiger partial charge in [0.1, 0.15) is 0 Å². The molecule has 0 aliphatic heterocycles. The van der Waals surface area contributed by atoms with E-state index in [4.69, 9.17) is 14.2 Å². The van der Waals surface area contributed by atoms with Crippen LogP contribution in [-0.4, -0.2) is 31.3 Å². The van der Waals surface area contributed by atoms with E-state index in [9.17, 15) is 0 Å². The normalized spacial score (nSPS) is 10.6. The number of hydrogen-bond acceptors (Lipinski definition) is 6. The van der Waals surface area contributed by atoms with Crippen molar-refractivity contribution in [1.82, 2.24) is 9.97 Å². The first-order valence-corrected chi connectivity index (χ1v) is 9.11. The van der Waals surface area contributed by atoms with Crippen LogP contribution in [0, 0.1) is 0 Å². The second-order valence-electron chi connectivity index (χ2n) is 6.37. The van der Waals surface area contributed by atoms with Crippen LogP contribution in [0.25, 0.3) is 22.0 Å². The zero-order valence-corrected chi connectivity index (χ0v) is 16.5. The molecule has 1 aromatic heterocycles. The maximum atomic E-state index is 5.44. The van der Waals surface area contributed by atoms with E-state index < -0.39 is 0 Å². The Kier molecular flexibility index (Phi) is 5.16. The summed E-state index contributed by atoms with van der Waals surface area (Å²) in [6.45, 7) is 0. The minimum atomic E-state index is 0.506. The first-order chi connectivity index (χ1) is 14.2. The van der Waals surface area contributed by atoms with Gasteiger partial charge in [0.2, 0.25) is 11.7 Å². The Morgan fingerprint density at radius 1 is 0.759 bits per heavy atom. The molecule has 4 rings (SSSR count). The summed E-state index contributed by atoms with van der Waals surface area (Å²) in [7, 11) is 4.76. The average Bonchev–Trinajstić information content (AvgIpc) is 2.78. The van der Waals surface area contributed by atoms with Crippen LogP contribution >= 0.6 is 0 Å². The number of benzene rings is 3. The summed E-state index contributed by atoms with van der Waals surface area (Å²) in [5.41, 5.74) is 2.50. The highest BCUT2D eigenvalue weighted by atomic mass is 16.5. The molecule has 6 nitrogen and oxygen atoms in total. The maximum Gasteiger partial charge on any atom is 0.227 e. The van der Waals surface area contributed by atoms with Gasteiger partial charge in [-0.25, -0.2) is 9.97 Å². The lowest BCUT2D eigenvalue weighted by molar-refractivity contribution is 0.324. The number of nitrogens with one attached hydrogen (secondary N) is 1. The van der Waals surface area contributed by atoms with E-state index in [-0.39, 0.29) is 0 Å². The van der Waals surface area contributed by atoms with Crippen LogP contribution in [0.5, 0.6) is 17.2 Å². The Morgan fingerprint density at radius 3 is 2.17 bits per heavy atom. The second-order valence-corrected chi connectivity index (χ2v) is 6.37. The van der Waals surface area contributed by atoms with Crippen LogP contribution in [0.1, 0.15) is 0 Å². The fraction of sp³-hybridized carbons (Fsp3) is 0.130. The van der Waals surface area contributed by atoms with Crippen LogP contribution in [0.2, 0.25) is 0 Å². The van der Waals surface area contributed by atoms with Gasteiger partial charge in [-0.05, 0) is 41.1 Å². The molecular formula is C23H21N3O3. The molecule has 0 bridgehead atoms. The van der Waals surface area contributed by atoms with Gasteiger partial charge in [0.15, 0.2) is 11.5 Å². The highest BCUT2D eigenvalue weighted by Crippen LogP contribution is 2.40. The number of ether oxygens (including phenoxy) is 3. The number of fused-ring (bicyclic) bond motifs is 1. The van der Waals surface area contributed by atoms with Gasteiger partial charge in [0, 0.05) is 17.4 Å². The number of anilines is 2. The fourth-order valence-electron chi connectivity index (χ4n) is 3.20. The van der Waals surface area contributed by atoms with Crippen molar-refractivity contribution in [1.29, 1.82) is 0 Å². The molecule has 3 aromatic carbocycles. The van der Waals surface area contributed by atoms with E-state index >= 15 is 0 Å². The maximum absolute atomic E-state index is 5.44. The molecule has 0 saturated heterocycles. The van der Waals surface area contributed by atoms with Gasteiger partial charge in [-0.3, -0.25) is 0 Å². The molecule has 0 spiro atoms. The molecule has 1 heterocycles. The molecule has 6 heteroatoms. The first kappa shape index (κ1) is 18.6. The number of hydrogen-bond donors (Lipinski definition) is 1. The SMILES string of the molecule is COc1cc(-c2ccnc(Nc3ccc4ccccc4c3)n2)cc(OC)c1OC. The van der Waals surface area contributed by atoms with E-state index in [1.807, 2.05) is 36.4 Å². The molecule has 4 aromatic rings. The van der Waals surface area contributed by atoms with Crippen LogP contribution in [0.4, 0.5) is 11.6 Å². The first-order valence-electron chi connectivity index (χ1n) is 9.11. The van der Waals surface area contributed by atoms with E-state index in [2.05, 4.69) is 39.6 Å². The molecule has 0 aliphatic carbocycles. The average molecular weight is 387 g/mol. The van der Waals surface area contributed by atoms with Gasteiger partial charge in [-0.1, -0.05) is 30.3 Å². The molecule has 146 valence electrons. The number of methoxy groups -OCH3 is 3. The smallest absolute Gasteiger partial charge is 0.227 e. The van der Waals surface area contributed by atoms with Gasteiger partial charge in [-0.2, -0.15) is 0 Å². The molecule has 1 N–H and O–H groups in total. The highest BCUT2D eigenvalue weighted by molar-refractivity contribution is 5.86. The number of aromatic nitrogens is 2. The molecule has 0 saturated carbocycles. The summed E-state index contributed by atoms with van der Waals surface area (Å²) in [5.74, 6) is 2.20. The summed E-state index contributed by atoms with van der Waals surface area (Å²) in [4.78, 5) is 9.00. The van der Waals surface area contributed by atoms with Gasteiger partial charge >= 0.3 is 0 Å². The molecule has 29 heavy (non-hydrogen) atoms. The third-order valence-corrected chi connectivity index (χ3v) is 4.62. The lowest BCUT2D eigenvalue weighted by Gasteiger charge is -2.14. The van der Waals surface area contributed by atoms with Gasteiger partial charge < -0.3 is 19.5 Å². The predicted molar refractivity (Wildman–Crippen MR) is 114 cm³/mol. The Balaban J connectivity index is 1.68. The Hall–Kier alpha value is -3.80. The topological polar surface area (TPSA) is 65.5 Å². The van der Waals surface area contributed by atoms with Crippen molar-refractivity contribution in [2.75, 3.05) is 26.6 Å². The van der Waals surface area contributed by atoms with Crippen LogP contribution in [0.3, 0.4) is 0 Å². The van der Waals surface area contributed by atoms with Crippen molar-refractivity contribution in [3.8, 4) is 28.5 Å². The molecule has 0 aliphatic rings. The van der Waals surface area contributed by atoms with Crippen LogP contribution in [-0.2, 0) is 0 Å². The molecular weight excluding hydrogens is 366 g/mol. The fourth-order valence-corrected chi connectivity index (χ4v) is 3.20. The lowest BCUT2D eigenvalue weighted by atomic mass is 10.1. The molecule has 0 atom stereocenters. The summed E-state index contributed by atoms with van der Waals surface area (Å²) < 4.78 is 16.3. The Labute approximate surface area is 169 Å². The predicted octanol–water partition coefficient (Wildman–Crippen LogP) is 5.07. The van der Waals surface area contributed by atoms with Crippen molar-refractivity contribution >= 4 is 22.4 Å². The zero-order valence-electron chi connectivity index (χ0n) is 16.5. The van der Waals surface area contributed by atoms with Crippen molar-refractivity contribution in [3.05, 3.63) is 66.9 Å². The van der Waals surface area contributed by atoms with E-state index in [1.165, 1.54) is 5.39 Å². The number of nitrogens with zero attached hydrogens (tertiary/aromatic N) is 2. The quantitative estimate of drug-likeness (QED) is 0.498. The third kappa shape index (κ3) is 3.78. The van der Waals surface area contributed by atoms with Gasteiger partial charge in [0.25, 0.3) is 0 Å². The lowest BCUT2D eigenvalue weighted by Crippen LogP contribution is -1.99. The van der Waals surface area contributed by atoms with Crippen molar-refractivity contribution < 1.29 is 14.2 Å². The Bertz CT molecular complexity index is 1140. The minimum Gasteiger partial charge on any atom is -0.493 e. The van der Waals surface area contributed by atoms with Gasteiger partial charge in [0.05, 0.1) is 27.0 Å². The van der Waals surface area contributed by atoms with Crippen molar-refractivity contribution in [3.63, 3.8) is 0 Å². The standard InChI is InChI=1S/C23H21N3O3/c1-27-20-13-17(14-21(28-2)22(20)29-3)19-10-11-24-23(26-19)25-18-9-8-15-6-4-5-7-16(15)12-18/h4-14H,1-3H3,(H,24,25,26). The van der Waals surface area contributed by atoms with E-state index in [0.717, 1.165) is 22.3 Å². The van der Waals surface area contributed by atoms with Crippen molar-refractivity contribution in [2.45, 2.75) is 0 Å². The van der Waals surface area contributed by atoms with E-state index in [1.54, 1.807) is 27.5 Å². The molecule has 0 unspecified atom stereocenters. The third-order valence-electron chi connectivity index (χ3n) is 4.62. The highest BCUT2D eigenvalue weighted by Gasteiger charge is 2.15. The summed E-state index contributed by atoms with van der Waals surface area (Å²) in [6, 6.07) is 19.9. The van der Waals surface area contributed by atoms with E-state index in [0.29, 0.717) is 23.2 Å².